The summed E-state index contributed by atoms with van der Waals surface area (Å²) in [7, 11) is 1.22. The van der Waals surface area contributed by atoms with Crippen LogP contribution in [0, 0.1) is 0 Å². The second kappa shape index (κ2) is 9.09. The average Bonchev–Trinajstić information content (AvgIpc) is 3.08. The first-order valence-corrected chi connectivity index (χ1v) is 7.88. The highest BCUT2D eigenvalue weighted by atomic mass is 16.5. The molecule has 0 unspecified atom stereocenters. The Morgan fingerprint density at radius 3 is 2.50 bits per heavy atom. The number of nitrogen functional groups attached to an aromatic ring is 1. The fourth-order valence-corrected chi connectivity index (χ4v) is 2.21. The summed E-state index contributed by atoms with van der Waals surface area (Å²) in [6.07, 6.45) is 0. The predicted octanol–water partition coefficient (Wildman–Crippen LogP) is 0.704. The molecule has 146 valence electrons. The fourth-order valence-electron chi connectivity index (χ4n) is 2.21. The molecule has 1 heterocycles. The van der Waals surface area contributed by atoms with Crippen LogP contribution in [-0.4, -0.2) is 45.3 Å². The SMILES string of the molecule is COC(=O)c1ccc(C(=O)NN)cc1NC(C)=O.On1nnc2ccccc21. The van der Waals surface area contributed by atoms with Gasteiger partial charge in [0.15, 0.2) is 0 Å². The average molecular weight is 386 g/mol. The monoisotopic (exact) mass is 386 g/mol. The van der Waals surface area contributed by atoms with Gasteiger partial charge in [-0.15, -0.1) is 5.10 Å². The number of nitrogens with two attached hydrogens (primary N) is 1. The van der Waals surface area contributed by atoms with E-state index in [4.69, 9.17) is 11.0 Å². The largest absolute Gasteiger partial charge is 0.465 e. The summed E-state index contributed by atoms with van der Waals surface area (Å²) >= 11 is 0. The molecule has 0 saturated heterocycles. The van der Waals surface area contributed by atoms with Crippen LogP contribution in [-0.2, 0) is 9.53 Å². The second-order valence-electron chi connectivity index (χ2n) is 5.37. The number of rotatable bonds is 3. The van der Waals surface area contributed by atoms with Gasteiger partial charge in [-0.05, 0) is 35.5 Å². The number of amides is 2. The van der Waals surface area contributed by atoms with Crippen molar-refractivity contribution >= 4 is 34.5 Å². The number of methoxy groups -OCH3 is 1. The number of anilines is 1. The number of carbonyl (C=O) groups excluding carboxylic acids is 3. The van der Waals surface area contributed by atoms with Gasteiger partial charge in [0.1, 0.15) is 11.0 Å². The highest BCUT2D eigenvalue weighted by Crippen LogP contribution is 2.19. The molecule has 0 fully saturated rings. The molecule has 3 rings (SSSR count). The van der Waals surface area contributed by atoms with Gasteiger partial charge in [0.25, 0.3) is 5.91 Å². The van der Waals surface area contributed by atoms with Crippen LogP contribution in [0.25, 0.3) is 11.0 Å². The van der Waals surface area contributed by atoms with Crippen molar-refractivity contribution in [1.82, 2.24) is 20.6 Å². The van der Waals surface area contributed by atoms with Crippen LogP contribution >= 0.6 is 0 Å². The maximum Gasteiger partial charge on any atom is 0.339 e. The Labute approximate surface area is 159 Å². The van der Waals surface area contributed by atoms with Crippen molar-refractivity contribution in [2.45, 2.75) is 6.92 Å². The molecule has 3 aromatic rings. The van der Waals surface area contributed by atoms with Crippen molar-refractivity contribution < 1.29 is 24.3 Å². The van der Waals surface area contributed by atoms with Crippen LogP contribution in [0.2, 0.25) is 0 Å². The molecule has 2 amide bonds. The molecule has 0 atom stereocenters. The Kier molecular flexibility index (Phi) is 6.60. The second-order valence-corrected chi connectivity index (χ2v) is 5.37. The lowest BCUT2D eigenvalue weighted by molar-refractivity contribution is -0.114. The molecule has 0 spiro atoms. The zero-order chi connectivity index (χ0) is 20.7. The van der Waals surface area contributed by atoms with E-state index in [1.54, 1.807) is 12.1 Å². The normalized spacial score (nSPS) is 9.82. The molecule has 0 aliphatic carbocycles. The molecular weight excluding hydrogens is 368 g/mol. The van der Waals surface area contributed by atoms with Crippen molar-refractivity contribution in [3.8, 4) is 0 Å². The number of esters is 1. The van der Waals surface area contributed by atoms with Gasteiger partial charge in [-0.25, -0.2) is 10.6 Å². The Morgan fingerprint density at radius 2 is 1.89 bits per heavy atom. The van der Waals surface area contributed by atoms with Gasteiger partial charge in [0.05, 0.1) is 18.4 Å². The number of para-hydroxylation sites is 1. The van der Waals surface area contributed by atoms with E-state index in [0.717, 1.165) is 4.85 Å². The molecule has 2 aromatic carbocycles. The van der Waals surface area contributed by atoms with Gasteiger partial charge in [0.2, 0.25) is 5.91 Å². The van der Waals surface area contributed by atoms with E-state index >= 15 is 0 Å². The first-order valence-electron chi connectivity index (χ1n) is 7.88. The van der Waals surface area contributed by atoms with Gasteiger partial charge in [0, 0.05) is 12.5 Å². The highest BCUT2D eigenvalue weighted by Gasteiger charge is 2.15. The molecule has 0 saturated carbocycles. The van der Waals surface area contributed by atoms with Crippen LogP contribution < -0.4 is 16.6 Å². The summed E-state index contributed by atoms with van der Waals surface area (Å²) in [6, 6.07) is 11.3. The summed E-state index contributed by atoms with van der Waals surface area (Å²) in [4.78, 5) is 34.6. The summed E-state index contributed by atoms with van der Waals surface area (Å²) in [5, 5.41) is 18.5. The van der Waals surface area contributed by atoms with E-state index in [2.05, 4.69) is 20.4 Å². The molecule has 1 aromatic heterocycles. The lowest BCUT2D eigenvalue weighted by Crippen LogP contribution is -2.30. The predicted molar refractivity (Wildman–Crippen MR) is 98.5 cm³/mol. The van der Waals surface area contributed by atoms with Crippen molar-refractivity contribution in [1.29, 1.82) is 0 Å². The Bertz CT molecular complexity index is 1020. The Balaban J connectivity index is 0.000000233. The molecule has 0 aliphatic heterocycles. The van der Waals surface area contributed by atoms with Crippen LogP contribution in [0.5, 0.6) is 0 Å². The number of carbonyl (C=O) groups is 3. The minimum atomic E-state index is -0.613. The Hall–Kier alpha value is -3.99. The van der Waals surface area contributed by atoms with E-state index < -0.39 is 11.9 Å². The third kappa shape index (κ3) is 4.80. The van der Waals surface area contributed by atoms with Crippen molar-refractivity contribution in [2.24, 2.45) is 5.84 Å². The number of nitrogens with one attached hydrogen (secondary N) is 2. The van der Waals surface area contributed by atoms with E-state index in [9.17, 15) is 14.4 Å². The lowest BCUT2D eigenvalue weighted by Gasteiger charge is -2.10. The maximum atomic E-state index is 11.5. The maximum absolute atomic E-state index is 11.5. The molecule has 0 bridgehead atoms. The summed E-state index contributed by atoms with van der Waals surface area (Å²) in [5.74, 6) is 3.49. The number of ether oxygens (including phenoxy) is 1. The minimum Gasteiger partial charge on any atom is -0.465 e. The number of fused-ring (bicyclic) bond motifs is 1. The number of benzene rings is 2. The summed E-state index contributed by atoms with van der Waals surface area (Å²) in [6.45, 7) is 1.29. The molecular formula is C17H18N6O5. The first-order chi connectivity index (χ1) is 13.4. The van der Waals surface area contributed by atoms with Crippen LogP contribution in [0.15, 0.2) is 42.5 Å². The van der Waals surface area contributed by atoms with Gasteiger partial charge < -0.3 is 15.3 Å². The number of aromatic nitrogens is 3. The number of hydrazine groups is 1. The summed E-state index contributed by atoms with van der Waals surface area (Å²) in [5.41, 5.74) is 3.84. The third-order valence-electron chi connectivity index (χ3n) is 3.46. The highest BCUT2D eigenvalue weighted by molar-refractivity contribution is 6.03. The van der Waals surface area contributed by atoms with E-state index in [1.807, 2.05) is 17.6 Å². The van der Waals surface area contributed by atoms with Crippen molar-refractivity contribution in [2.75, 3.05) is 12.4 Å². The fraction of sp³-hybridized carbons (Fsp3) is 0.118. The molecule has 11 heteroatoms. The van der Waals surface area contributed by atoms with E-state index in [-0.39, 0.29) is 22.7 Å². The van der Waals surface area contributed by atoms with Crippen LogP contribution in [0.1, 0.15) is 27.6 Å². The van der Waals surface area contributed by atoms with Crippen molar-refractivity contribution in [3.63, 3.8) is 0 Å². The molecule has 11 nitrogen and oxygen atoms in total. The lowest BCUT2D eigenvalue weighted by atomic mass is 10.1. The Morgan fingerprint density at radius 1 is 1.18 bits per heavy atom. The van der Waals surface area contributed by atoms with Crippen LogP contribution in [0.3, 0.4) is 0 Å². The van der Waals surface area contributed by atoms with Gasteiger partial charge in [-0.1, -0.05) is 17.0 Å². The molecule has 5 N–H and O–H groups in total. The van der Waals surface area contributed by atoms with Gasteiger partial charge in [-0.3, -0.25) is 15.0 Å². The van der Waals surface area contributed by atoms with Crippen molar-refractivity contribution in [3.05, 3.63) is 53.6 Å². The summed E-state index contributed by atoms with van der Waals surface area (Å²) < 4.78 is 4.57. The topological polar surface area (TPSA) is 161 Å². The minimum absolute atomic E-state index is 0.154. The number of hydrogen-bond donors (Lipinski definition) is 4. The smallest absolute Gasteiger partial charge is 0.339 e. The standard InChI is InChI=1S/C11H13N3O4.C6H5N3O/c1-6(15)13-9-5-7(10(16)14-12)3-4-8(9)11(17)18-2;10-9-6-4-2-1-3-5(6)7-8-9/h3-5H,12H2,1-2H3,(H,13,15)(H,14,16);1-4,10H. The zero-order valence-electron chi connectivity index (χ0n) is 15.0. The number of hydrogen-bond acceptors (Lipinski definition) is 8. The first kappa shape index (κ1) is 20.3. The third-order valence-corrected chi connectivity index (χ3v) is 3.46. The number of nitrogens with zero attached hydrogens (tertiary/aromatic N) is 3. The van der Waals surface area contributed by atoms with Gasteiger partial charge >= 0.3 is 5.97 Å². The molecule has 0 aliphatic rings. The van der Waals surface area contributed by atoms with Crippen LogP contribution in [0.4, 0.5) is 5.69 Å². The quantitative estimate of drug-likeness (QED) is 0.168. The van der Waals surface area contributed by atoms with Gasteiger partial charge in [-0.2, -0.15) is 0 Å². The van der Waals surface area contributed by atoms with E-state index in [0.29, 0.717) is 11.0 Å². The molecule has 0 radical (unpaired) electrons. The molecule has 28 heavy (non-hydrogen) atoms. The zero-order valence-corrected chi connectivity index (χ0v) is 15.0. The van der Waals surface area contributed by atoms with E-state index in [1.165, 1.54) is 32.2 Å².